The minimum absolute atomic E-state index is 0.256. The molecule has 0 saturated heterocycles. The van der Waals surface area contributed by atoms with Crippen molar-refractivity contribution >= 4 is 22.6 Å². The summed E-state index contributed by atoms with van der Waals surface area (Å²) in [5.74, 6) is 0.591. The number of fused-ring (bicyclic) bond motifs is 1. The highest BCUT2D eigenvalue weighted by molar-refractivity contribution is 6.29. The standard InChI is InChI=1S/C15H11ClN2O3/c1-9-6-15(19)21-13-7-11(3-4-12(9)13)20-8-10-2-5-14(16)18-17-10/h2-7H,8H2,1H3. The molecule has 0 aliphatic carbocycles. The van der Waals surface area contributed by atoms with E-state index in [1.807, 2.05) is 19.1 Å². The van der Waals surface area contributed by atoms with Crippen LogP contribution in [0, 0.1) is 6.92 Å². The Labute approximate surface area is 125 Å². The normalized spacial score (nSPS) is 10.8. The molecule has 0 radical (unpaired) electrons. The minimum atomic E-state index is -0.374. The predicted molar refractivity (Wildman–Crippen MR) is 78.6 cm³/mol. The average Bonchev–Trinajstić information content (AvgIpc) is 2.46. The van der Waals surface area contributed by atoms with Gasteiger partial charge in [0, 0.05) is 17.5 Å². The lowest BCUT2D eigenvalue weighted by molar-refractivity contribution is 0.300. The first-order valence-electron chi connectivity index (χ1n) is 6.27. The van der Waals surface area contributed by atoms with E-state index < -0.39 is 0 Å². The van der Waals surface area contributed by atoms with Crippen LogP contribution in [-0.4, -0.2) is 10.2 Å². The monoisotopic (exact) mass is 302 g/mol. The van der Waals surface area contributed by atoms with Crippen LogP contribution in [0.15, 0.2) is 45.6 Å². The van der Waals surface area contributed by atoms with E-state index >= 15 is 0 Å². The summed E-state index contributed by atoms with van der Waals surface area (Å²) in [7, 11) is 0. The number of halogens is 1. The van der Waals surface area contributed by atoms with Crippen LogP contribution in [0.3, 0.4) is 0 Å². The molecule has 0 saturated carbocycles. The molecular weight excluding hydrogens is 292 g/mol. The molecule has 0 aliphatic heterocycles. The lowest BCUT2D eigenvalue weighted by Crippen LogP contribution is -2.01. The highest BCUT2D eigenvalue weighted by Crippen LogP contribution is 2.22. The molecule has 2 aromatic heterocycles. The van der Waals surface area contributed by atoms with Crippen molar-refractivity contribution in [3.63, 3.8) is 0 Å². The first-order valence-corrected chi connectivity index (χ1v) is 6.65. The number of hydrogen-bond acceptors (Lipinski definition) is 5. The highest BCUT2D eigenvalue weighted by atomic mass is 35.5. The topological polar surface area (TPSA) is 65.2 Å². The summed E-state index contributed by atoms with van der Waals surface area (Å²) in [5.41, 5.74) is 1.65. The van der Waals surface area contributed by atoms with Crippen molar-refractivity contribution < 1.29 is 9.15 Å². The lowest BCUT2D eigenvalue weighted by atomic mass is 10.1. The number of aryl methyl sites for hydroxylation is 1. The zero-order valence-corrected chi connectivity index (χ0v) is 11.9. The molecule has 21 heavy (non-hydrogen) atoms. The van der Waals surface area contributed by atoms with Gasteiger partial charge in [-0.2, -0.15) is 5.10 Å². The Hall–Kier alpha value is -2.40. The maximum Gasteiger partial charge on any atom is 0.336 e. The number of benzene rings is 1. The van der Waals surface area contributed by atoms with Gasteiger partial charge in [-0.1, -0.05) is 11.6 Å². The molecule has 0 unspecified atom stereocenters. The SMILES string of the molecule is Cc1cc(=O)oc2cc(OCc3ccc(Cl)nn3)ccc12. The van der Waals surface area contributed by atoms with E-state index in [0.29, 0.717) is 22.2 Å². The third-order valence-corrected chi connectivity index (χ3v) is 3.20. The summed E-state index contributed by atoms with van der Waals surface area (Å²) >= 11 is 5.67. The molecule has 2 heterocycles. The van der Waals surface area contributed by atoms with Crippen molar-refractivity contribution in [1.82, 2.24) is 10.2 Å². The van der Waals surface area contributed by atoms with Gasteiger partial charge in [-0.05, 0) is 36.8 Å². The van der Waals surface area contributed by atoms with Gasteiger partial charge in [-0.25, -0.2) is 4.79 Å². The summed E-state index contributed by atoms with van der Waals surface area (Å²) in [6, 6.07) is 10.2. The smallest absolute Gasteiger partial charge is 0.336 e. The predicted octanol–water partition coefficient (Wildman–Crippen LogP) is 3.12. The van der Waals surface area contributed by atoms with Crippen LogP contribution in [-0.2, 0) is 6.61 Å². The Morgan fingerprint density at radius 2 is 2.05 bits per heavy atom. The maximum absolute atomic E-state index is 11.4. The zero-order chi connectivity index (χ0) is 14.8. The summed E-state index contributed by atoms with van der Waals surface area (Å²) in [5, 5.41) is 8.86. The fourth-order valence-corrected chi connectivity index (χ4v) is 2.07. The van der Waals surface area contributed by atoms with Crippen LogP contribution in [0.25, 0.3) is 11.0 Å². The number of aromatic nitrogens is 2. The van der Waals surface area contributed by atoms with Gasteiger partial charge >= 0.3 is 5.63 Å². The number of ether oxygens (including phenoxy) is 1. The highest BCUT2D eigenvalue weighted by Gasteiger charge is 2.05. The van der Waals surface area contributed by atoms with E-state index in [9.17, 15) is 4.79 Å². The molecule has 5 nitrogen and oxygen atoms in total. The van der Waals surface area contributed by atoms with Gasteiger partial charge < -0.3 is 9.15 Å². The van der Waals surface area contributed by atoms with Crippen LogP contribution in [0.5, 0.6) is 5.75 Å². The molecule has 0 fully saturated rings. The molecule has 0 amide bonds. The number of hydrogen-bond donors (Lipinski definition) is 0. The van der Waals surface area contributed by atoms with Crippen LogP contribution >= 0.6 is 11.6 Å². The summed E-state index contributed by atoms with van der Waals surface area (Å²) in [6.45, 7) is 2.12. The van der Waals surface area contributed by atoms with Gasteiger partial charge in [-0.3, -0.25) is 0 Å². The lowest BCUT2D eigenvalue weighted by Gasteiger charge is -2.07. The van der Waals surface area contributed by atoms with Crippen LogP contribution in [0.2, 0.25) is 5.15 Å². The molecule has 0 spiro atoms. The molecular formula is C15H11ClN2O3. The second-order valence-corrected chi connectivity index (χ2v) is 4.93. The first-order chi connectivity index (χ1) is 10.1. The van der Waals surface area contributed by atoms with Gasteiger partial charge in [0.1, 0.15) is 23.6 Å². The van der Waals surface area contributed by atoms with Crippen molar-refractivity contribution in [3.05, 3.63) is 63.2 Å². The molecule has 0 bridgehead atoms. The number of nitrogens with zero attached hydrogens (tertiary/aromatic N) is 2. The summed E-state index contributed by atoms with van der Waals surface area (Å²) in [4.78, 5) is 11.4. The first kappa shape index (κ1) is 13.6. The van der Waals surface area contributed by atoms with Crippen molar-refractivity contribution in [2.75, 3.05) is 0 Å². The second kappa shape index (κ2) is 5.54. The third-order valence-electron chi connectivity index (χ3n) is 3.00. The van der Waals surface area contributed by atoms with Crippen LogP contribution < -0.4 is 10.4 Å². The number of rotatable bonds is 3. The quantitative estimate of drug-likeness (QED) is 0.695. The molecule has 6 heteroatoms. The molecule has 106 valence electrons. The molecule has 1 aromatic carbocycles. The van der Waals surface area contributed by atoms with E-state index in [4.69, 9.17) is 20.8 Å². The third kappa shape index (κ3) is 3.03. The largest absolute Gasteiger partial charge is 0.487 e. The fraction of sp³-hybridized carbons (Fsp3) is 0.133. The molecule has 3 rings (SSSR count). The minimum Gasteiger partial charge on any atom is -0.487 e. The van der Waals surface area contributed by atoms with Gasteiger partial charge in [0.05, 0.1) is 0 Å². The Bertz CT molecular complexity index is 844. The van der Waals surface area contributed by atoms with E-state index in [1.54, 1.807) is 18.2 Å². The Kier molecular flexibility index (Phi) is 3.58. The average molecular weight is 303 g/mol. The second-order valence-electron chi connectivity index (χ2n) is 4.54. The molecule has 3 aromatic rings. The molecule has 0 aliphatic rings. The fourth-order valence-electron chi connectivity index (χ4n) is 1.97. The van der Waals surface area contributed by atoms with Gasteiger partial charge in [0.15, 0.2) is 5.15 Å². The van der Waals surface area contributed by atoms with Crippen LogP contribution in [0.4, 0.5) is 0 Å². The Morgan fingerprint density at radius 1 is 1.19 bits per heavy atom. The van der Waals surface area contributed by atoms with E-state index in [-0.39, 0.29) is 12.2 Å². The summed E-state index contributed by atoms with van der Waals surface area (Å²) < 4.78 is 10.8. The van der Waals surface area contributed by atoms with Gasteiger partial charge in [0.2, 0.25) is 0 Å². The van der Waals surface area contributed by atoms with Crippen molar-refractivity contribution in [1.29, 1.82) is 0 Å². The van der Waals surface area contributed by atoms with Gasteiger partial charge in [0.25, 0.3) is 0 Å². The zero-order valence-electron chi connectivity index (χ0n) is 11.2. The van der Waals surface area contributed by atoms with Crippen molar-refractivity contribution in [3.8, 4) is 5.75 Å². The van der Waals surface area contributed by atoms with E-state index in [1.165, 1.54) is 6.07 Å². The molecule has 0 N–H and O–H groups in total. The van der Waals surface area contributed by atoms with Crippen molar-refractivity contribution in [2.45, 2.75) is 13.5 Å². The molecule has 0 atom stereocenters. The summed E-state index contributed by atoms with van der Waals surface area (Å²) in [6.07, 6.45) is 0. The van der Waals surface area contributed by atoms with Gasteiger partial charge in [-0.15, -0.1) is 5.10 Å². The maximum atomic E-state index is 11.4. The van der Waals surface area contributed by atoms with Crippen molar-refractivity contribution in [2.24, 2.45) is 0 Å². The van der Waals surface area contributed by atoms with E-state index in [2.05, 4.69) is 10.2 Å². The van der Waals surface area contributed by atoms with Crippen LogP contribution in [0.1, 0.15) is 11.3 Å². The van der Waals surface area contributed by atoms with E-state index in [0.717, 1.165) is 10.9 Å². The Morgan fingerprint density at radius 3 is 2.81 bits per heavy atom. The Balaban J connectivity index is 1.84.